The van der Waals surface area contributed by atoms with E-state index < -0.39 is 17.9 Å². The van der Waals surface area contributed by atoms with Gasteiger partial charge in [-0.05, 0) is 36.6 Å². The van der Waals surface area contributed by atoms with Crippen molar-refractivity contribution in [2.75, 3.05) is 52.5 Å². The van der Waals surface area contributed by atoms with Crippen LogP contribution in [-0.4, -0.2) is 92.0 Å². The molecule has 1 saturated heterocycles. The predicted molar refractivity (Wildman–Crippen MR) is 152 cm³/mol. The molecule has 0 spiro atoms. The highest BCUT2D eigenvalue weighted by Gasteiger charge is 2.26. The van der Waals surface area contributed by atoms with Crippen LogP contribution in [0, 0.1) is 0 Å². The van der Waals surface area contributed by atoms with Crippen LogP contribution in [0.25, 0.3) is 0 Å². The van der Waals surface area contributed by atoms with E-state index in [9.17, 15) is 19.2 Å². The van der Waals surface area contributed by atoms with E-state index in [4.69, 9.17) is 9.47 Å². The average molecular weight is 566 g/mol. The van der Waals surface area contributed by atoms with Crippen molar-refractivity contribution in [2.45, 2.75) is 38.9 Å². The number of morpholine rings is 1. The Morgan fingerprint density at radius 2 is 1.80 bits per heavy atom. The molecule has 2 aliphatic rings. The number of para-hydroxylation sites is 1. The van der Waals surface area contributed by atoms with Gasteiger partial charge in [0.25, 0.3) is 5.91 Å². The fourth-order valence-corrected chi connectivity index (χ4v) is 4.84. The number of hydrogen-bond donors (Lipinski definition) is 3. The van der Waals surface area contributed by atoms with E-state index in [0.29, 0.717) is 12.3 Å². The molecule has 0 unspecified atom stereocenters. The standard InChI is InChI=1S/C30H39N5O6/c1-2-35-21-27(36)31-12-15-41-26-9-4-3-8-24(26)29(38)33-25(10-11-28(35)37)30(39)32-19-22-6-5-7-23(18-22)20-34-13-16-40-17-14-34/h3-9,18,25H,2,10-17,19-21H2,1H3,(H,31,36)(H,32,39)(H,33,38)/t25-/m0/s1. The van der Waals surface area contributed by atoms with Crippen LogP contribution in [0.4, 0.5) is 0 Å². The molecule has 41 heavy (non-hydrogen) atoms. The Kier molecular flexibility index (Phi) is 11.1. The molecule has 220 valence electrons. The number of nitrogens with zero attached hydrogens (tertiary/aromatic N) is 2. The van der Waals surface area contributed by atoms with Crippen molar-refractivity contribution < 1.29 is 28.7 Å². The van der Waals surface area contributed by atoms with Crippen molar-refractivity contribution in [1.29, 1.82) is 0 Å². The van der Waals surface area contributed by atoms with Crippen LogP contribution in [0.1, 0.15) is 41.3 Å². The summed E-state index contributed by atoms with van der Waals surface area (Å²) in [7, 11) is 0. The van der Waals surface area contributed by atoms with Crippen LogP contribution < -0.4 is 20.7 Å². The van der Waals surface area contributed by atoms with E-state index in [-0.39, 0.29) is 56.5 Å². The molecule has 2 aromatic rings. The second-order valence-corrected chi connectivity index (χ2v) is 10.1. The van der Waals surface area contributed by atoms with Crippen LogP contribution in [0.15, 0.2) is 48.5 Å². The highest BCUT2D eigenvalue weighted by Crippen LogP contribution is 2.18. The lowest BCUT2D eigenvalue weighted by Crippen LogP contribution is -2.47. The van der Waals surface area contributed by atoms with Crippen molar-refractivity contribution in [3.05, 3.63) is 65.2 Å². The number of benzene rings is 2. The van der Waals surface area contributed by atoms with Crippen LogP contribution in [-0.2, 0) is 32.2 Å². The zero-order chi connectivity index (χ0) is 29.0. The summed E-state index contributed by atoms with van der Waals surface area (Å²) in [4.78, 5) is 55.7. The van der Waals surface area contributed by atoms with E-state index >= 15 is 0 Å². The SMILES string of the molecule is CCN1CC(=O)NCCOc2ccccc2C(=O)N[C@H](C(=O)NCc2cccc(CN3CCOCC3)c2)CCC1=O. The maximum atomic E-state index is 13.4. The fraction of sp³-hybridized carbons (Fsp3) is 0.467. The van der Waals surface area contributed by atoms with Crippen LogP contribution in [0.3, 0.4) is 0 Å². The zero-order valence-corrected chi connectivity index (χ0v) is 23.5. The van der Waals surface area contributed by atoms with Gasteiger partial charge in [-0.3, -0.25) is 24.1 Å². The minimum Gasteiger partial charge on any atom is -0.491 e. The zero-order valence-electron chi connectivity index (χ0n) is 23.5. The highest BCUT2D eigenvalue weighted by molar-refractivity contribution is 5.99. The third-order valence-electron chi connectivity index (χ3n) is 7.12. The average Bonchev–Trinajstić information content (AvgIpc) is 2.99. The normalized spacial score (nSPS) is 19.6. The largest absolute Gasteiger partial charge is 0.491 e. The topological polar surface area (TPSA) is 129 Å². The summed E-state index contributed by atoms with van der Waals surface area (Å²) in [6.07, 6.45) is 0.0707. The van der Waals surface area contributed by atoms with Crippen molar-refractivity contribution in [3.63, 3.8) is 0 Å². The Morgan fingerprint density at radius 1 is 1.02 bits per heavy atom. The lowest BCUT2D eigenvalue weighted by Gasteiger charge is -2.26. The van der Waals surface area contributed by atoms with Crippen LogP contribution in [0.5, 0.6) is 5.75 Å². The van der Waals surface area contributed by atoms with Gasteiger partial charge in [0, 0.05) is 39.1 Å². The molecule has 0 saturated carbocycles. The lowest BCUT2D eigenvalue weighted by atomic mass is 10.1. The lowest BCUT2D eigenvalue weighted by molar-refractivity contribution is -0.136. The van der Waals surface area contributed by atoms with Gasteiger partial charge in [-0.25, -0.2) is 0 Å². The first-order valence-corrected chi connectivity index (χ1v) is 14.2. The highest BCUT2D eigenvalue weighted by atomic mass is 16.5. The minimum absolute atomic E-state index is 0.00727. The van der Waals surface area contributed by atoms with E-state index in [2.05, 4.69) is 33.0 Å². The van der Waals surface area contributed by atoms with Gasteiger partial charge >= 0.3 is 0 Å². The predicted octanol–water partition coefficient (Wildman–Crippen LogP) is 1.07. The minimum atomic E-state index is -0.964. The second-order valence-electron chi connectivity index (χ2n) is 10.1. The molecule has 2 aromatic carbocycles. The number of hydrogen-bond acceptors (Lipinski definition) is 7. The molecule has 0 radical (unpaired) electrons. The molecule has 0 bridgehead atoms. The molecule has 1 fully saturated rings. The van der Waals surface area contributed by atoms with Gasteiger partial charge in [-0.1, -0.05) is 36.4 Å². The maximum Gasteiger partial charge on any atom is 0.255 e. The van der Waals surface area contributed by atoms with Gasteiger partial charge < -0.3 is 30.3 Å². The first-order valence-electron chi connectivity index (χ1n) is 14.2. The molecular formula is C30H39N5O6. The van der Waals surface area contributed by atoms with Crippen molar-refractivity contribution in [3.8, 4) is 5.75 Å². The summed E-state index contributed by atoms with van der Waals surface area (Å²) in [5.74, 6) is -1.10. The molecule has 3 N–H and O–H groups in total. The Bertz CT molecular complexity index is 1220. The third kappa shape index (κ3) is 9.02. The van der Waals surface area contributed by atoms with Gasteiger partial charge in [0.1, 0.15) is 18.4 Å². The molecule has 0 aromatic heterocycles. The number of rotatable bonds is 6. The van der Waals surface area contributed by atoms with Gasteiger partial charge in [-0.2, -0.15) is 0 Å². The molecular weight excluding hydrogens is 526 g/mol. The number of carbonyl (C=O) groups excluding carboxylic acids is 4. The Balaban J connectivity index is 1.46. The molecule has 4 rings (SSSR count). The summed E-state index contributed by atoms with van der Waals surface area (Å²) >= 11 is 0. The molecule has 1 atom stereocenters. The van der Waals surface area contributed by atoms with Crippen molar-refractivity contribution in [1.82, 2.24) is 25.8 Å². The van der Waals surface area contributed by atoms with E-state index in [1.807, 2.05) is 12.1 Å². The van der Waals surface area contributed by atoms with Crippen LogP contribution >= 0.6 is 0 Å². The van der Waals surface area contributed by atoms with Crippen molar-refractivity contribution in [2.24, 2.45) is 0 Å². The van der Waals surface area contributed by atoms with Gasteiger partial charge in [0.2, 0.25) is 17.7 Å². The molecule has 2 heterocycles. The summed E-state index contributed by atoms with van der Waals surface area (Å²) in [6, 6.07) is 13.8. The third-order valence-corrected chi connectivity index (χ3v) is 7.12. The van der Waals surface area contributed by atoms with Crippen LogP contribution in [0.2, 0.25) is 0 Å². The summed E-state index contributed by atoms with van der Waals surface area (Å²) < 4.78 is 11.2. The van der Waals surface area contributed by atoms with Gasteiger partial charge in [0.05, 0.1) is 31.9 Å². The van der Waals surface area contributed by atoms with Crippen molar-refractivity contribution >= 4 is 23.6 Å². The van der Waals surface area contributed by atoms with E-state index in [1.165, 1.54) is 4.90 Å². The smallest absolute Gasteiger partial charge is 0.255 e. The Morgan fingerprint density at radius 3 is 2.61 bits per heavy atom. The molecule has 0 aliphatic carbocycles. The first kappa shape index (κ1) is 30.0. The maximum absolute atomic E-state index is 13.4. The number of likely N-dealkylation sites (N-methyl/N-ethyl adjacent to an activating group) is 1. The number of ether oxygens (including phenoxy) is 2. The molecule has 11 nitrogen and oxygen atoms in total. The molecule has 4 amide bonds. The summed E-state index contributed by atoms with van der Waals surface area (Å²) in [6.45, 7) is 6.72. The Hall–Kier alpha value is -3.96. The summed E-state index contributed by atoms with van der Waals surface area (Å²) in [5, 5.41) is 8.47. The first-order chi connectivity index (χ1) is 19.9. The molecule has 11 heteroatoms. The monoisotopic (exact) mass is 565 g/mol. The van der Waals surface area contributed by atoms with Gasteiger partial charge in [-0.15, -0.1) is 0 Å². The number of amides is 4. The summed E-state index contributed by atoms with van der Waals surface area (Å²) in [5.41, 5.74) is 2.35. The van der Waals surface area contributed by atoms with Gasteiger partial charge in [0.15, 0.2) is 0 Å². The Labute approximate surface area is 240 Å². The fourth-order valence-electron chi connectivity index (χ4n) is 4.84. The number of nitrogens with one attached hydrogen (secondary N) is 3. The van der Waals surface area contributed by atoms with E-state index in [0.717, 1.165) is 44.0 Å². The quantitative estimate of drug-likeness (QED) is 0.478. The number of carbonyl (C=O) groups is 4. The molecule has 2 aliphatic heterocycles. The number of fused-ring (bicyclic) bond motifs is 1. The second kappa shape index (κ2) is 15.2. The van der Waals surface area contributed by atoms with E-state index in [1.54, 1.807) is 31.2 Å².